The zero-order chi connectivity index (χ0) is 26.2. The normalized spacial score (nSPS) is 11.3. The van der Waals surface area contributed by atoms with Gasteiger partial charge in [-0.2, -0.15) is 0 Å². The Labute approximate surface area is 210 Å². The molecule has 0 atom stereocenters. The Morgan fingerprint density at radius 3 is 2.19 bits per heavy atom. The van der Waals surface area contributed by atoms with Gasteiger partial charge in [0.2, 0.25) is 5.90 Å². The van der Waals surface area contributed by atoms with Crippen molar-refractivity contribution in [3.63, 3.8) is 0 Å². The molecule has 0 bridgehead atoms. The van der Waals surface area contributed by atoms with Crippen molar-refractivity contribution in [3.8, 4) is 34.1 Å². The molecule has 0 aliphatic heterocycles. The molecule has 0 fully saturated rings. The molecule has 3 aromatic rings. The summed E-state index contributed by atoms with van der Waals surface area (Å²) in [4.78, 5) is 20.5. The van der Waals surface area contributed by atoms with Crippen LogP contribution in [0.2, 0.25) is 0 Å². The number of pyridine rings is 1. The van der Waals surface area contributed by atoms with E-state index in [2.05, 4.69) is 16.6 Å². The summed E-state index contributed by atoms with van der Waals surface area (Å²) in [6.07, 6.45) is 2.58. The van der Waals surface area contributed by atoms with E-state index in [1.54, 1.807) is 42.5 Å². The van der Waals surface area contributed by atoms with Crippen LogP contribution in [0.3, 0.4) is 0 Å². The summed E-state index contributed by atoms with van der Waals surface area (Å²) in [5.41, 5.74) is 2.08. The summed E-state index contributed by atoms with van der Waals surface area (Å²) >= 11 is 0. The van der Waals surface area contributed by atoms with E-state index < -0.39 is 5.56 Å². The van der Waals surface area contributed by atoms with Crippen molar-refractivity contribution in [2.24, 2.45) is 4.99 Å². The third kappa shape index (κ3) is 5.71. The van der Waals surface area contributed by atoms with Crippen LogP contribution in [0.5, 0.6) is 23.0 Å². The van der Waals surface area contributed by atoms with Gasteiger partial charge in [0.05, 0.1) is 32.5 Å². The van der Waals surface area contributed by atoms with E-state index >= 15 is 0 Å². The maximum absolute atomic E-state index is 13.2. The molecule has 190 valence electrons. The minimum atomic E-state index is -0.533. The van der Waals surface area contributed by atoms with Crippen molar-refractivity contribution in [2.45, 2.75) is 32.6 Å². The summed E-state index contributed by atoms with van der Waals surface area (Å²) in [6.45, 7) is 6.02. The number of aryl methyl sites for hydroxylation is 1. The summed E-state index contributed by atoms with van der Waals surface area (Å²) in [5, 5.41) is 21.0. The molecule has 0 saturated carbocycles. The molecule has 0 saturated heterocycles. The SMILES string of the molecule is C=C(Cc1ccc(O)cc1)N=C(OC)c1c(O)c(-c2c(OC)cccc2OC)c(CCCC)[nH]c1=O. The Balaban J connectivity index is 2.19. The second-order valence-corrected chi connectivity index (χ2v) is 8.20. The summed E-state index contributed by atoms with van der Waals surface area (Å²) in [7, 11) is 4.44. The second-order valence-electron chi connectivity index (χ2n) is 8.20. The number of phenols is 1. The third-order valence-electron chi connectivity index (χ3n) is 5.74. The number of hydrogen-bond acceptors (Lipinski definition) is 7. The maximum atomic E-state index is 13.2. The van der Waals surface area contributed by atoms with Crippen LogP contribution in [-0.4, -0.2) is 42.4 Å². The molecule has 1 aromatic heterocycles. The Kier molecular flexibility index (Phi) is 8.78. The van der Waals surface area contributed by atoms with Crippen LogP contribution in [0, 0.1) is 0 Å². The van der Waals surface area contributed by atoms with Crippen molar-refractivity contribution in [3.05, 3.63) is 81.9 Å². The van der Waals surface area contributed by atoms with Gasteiger partial charge in [0, 0.05) is 17.8 Å². The summed E-state index contributed by atoms with van der Waals surface area (Å²) in [6, 6.07) is 12.0. The highest BCUT2D eigenvalue weighted by molar-refractivity contribution is 6.00. The number of ether oxygens (including phenoxy) is 3. The predicted octanol–water partition coefficient (Wildman–Crippen LogP) is 4.96. The average molecular weight is 493 g/mol. The molecule has 1 heterocycles. The molecular weight excluding hydrogens is 460 g/mol. The quantitative estimate of drug-likeness (QED) is 0.272. The van der Waals surface area contributed by atoms with Gasteiger partial charge in [0.15, 0.2) is 0 Å². The summed E-state index contributed by atoms with van der Waals surface area (Å²) in [5.74, 6) is 0.755. The molecule has 0 amide bonds. The number of benzene rings is 2. The minimum absolute atomic E-state index is 0.0744. The van der Waals surface area contributed by atoms with Crippen molar-refractivity contribution in [1.82, 2.24) is 4.98 Å². The fraction of sp³-hybridized carbons (Fsp3) is 0.286. The Bertz CT molecular complexity index is 1290. The highest BCUT2D eigenvalue weighted by Crippen LogP contribution is 2.44. The molecule has 0 unspecified atom stereocenters. The first-order chi connectivity index (χ1) is 17.3. The largest absolute Gasteiger partial charge is 0.508 e. The topological polar surface area (TPSA) is 113 Å². The number of aromatic amines is 1. The molecule has 0 aliphatic rings. The average Bonchev–Trinajstić information content (AvgIpc) is 2.87. The number of unbranched alkanes of at least 4 members (excludes halogenated alkanes) is 1. The fourth-order valence-corrected chi connectivity index (χ4v) is 3.98. The molecule has 8 heteroatoms. The lowest BCUT2D eigenvalue weighted by Crippen LogP contribution is -2.22. The van der Waals surface area contributed by atoms with Crippen molar-refractivity contribution in [1.29, 1.82) is 0 Å². The van der Waals surface area contributed by atoms with E-state index in [-0.39, 0.29) is 23.0 Å². The predicted molar refractivity (Wildman–Crippen MR) is 140 cm³/mol. The van der Waals surface area contributed by atoms with Gasteiger partial charge >= 0.3 is 0 Å². The lowest BCUT2D eigenvalue weighted by atomic mass is 9.95. The maximum Gasteiger partial charge on any atom is 0.264 e. The van der Waals surface area contributed by atoms with Gasteiger partial charge in [-0.05, 0) is 42.7 Å². The third-order valence-corrected chi connectivity index (χ3v) is 5.74. The number of nitrogens with zero attached hydrogens (tertiary/aromatic N) is 1. The molecule has 0 aliphatic carbocycles. The molecule has 36 heavy (non-hydrogen) atoms. The Morgan fingerprint density at radius 1 is 1.00 bits per heavy atom. The number of nitrogens with one attached hydrogen (secondary N) is 1. The van der Waals surface area contributed by atoms with Gasteiger partial charge in [-0.25, -0.2) is 4.99 Å². The highest BCUT2D eigenvalue weighted by atomic mass is 16.5. The smallest absolute Gasteiger partial charge is 0.264 e. The standard InChI is InChI=1S/C28H32N2O6/c1-6-7-9-20-23(24-21(34-3)10-8-11-22(24)35-4)26(32)25(27(33)30-20)28(36-5)29-17(2)16-18-12-14-19(31)15-13-18/h8,10-15,31H,2,6-7,9,16H2,1,3-5H3,(H2,30,32,33). The lowest BCUT2D eigenvalue weighted by molar-refractivity contribution is 0.393. The zero-order valence-electron chi connectivity index (χ0n) is 21.1. The molecule has 0 spiro atoms. The molecule has 3 N–H and O–H groups in total. The van der Waals surface area contributed by atoms with Crippen molar-refractivity contribution in [2.75, 3.05) is 21.3 Å². The number of allylic oxidation sites excluding steroid dienone is 1. The molecule has 2 aromatic carbocycles. The zero-order valence-corrected chi connectivity index (χ0v) is 21.1. The van der Waals surface area contributed by atoms with Crippen molar-refractivity contribution < 1.29 is 24.4 Å². The van der Waals surface area contributed by atoms with Crippen LogP contribution in [0.1, 0.15) is 36.6 Å². The van der Waals surface area contributed by atoms with E-state index in [1.165, 1.54) is 21.3 Å². The first-order valence-corrected chi connectivity index (χ1v) is 11.6. The second kappa shape index (κ2) is 12.0. The monoisotopic (exact) mass is 492 g/mol. The van der Waals surface area contributed by atoms with Crippen LogP contribution < -0.4 is 15.0 Å². The van der Waals surface area contributed by atoms with Crippen LogP contribution in [0.15, 0.2) is 64.5 Å². The first kappa shape index (κ1) is 26.4. The highest BCUT2D eigenvalue weighted by Gasteiger charge is 2.27. The van der Waals surface area contributed by atoms with Crippen LogP contribution in [0.4, 0.5) is 0 Å². The van der Waals surface area contributed by atoms with Gasteiger partial charge in [-0.15, -0.1) is 0 Å². The number of aliphatic imine (C=N–C) groups is 1. The van der Waals surface area contributed by atoms with Gasteiger partial charge in [0.1, 0.15) is 28.6 Å². The van der Waals surface area contributed by atoms with E-state index in [0.29, 0.717) is 46.9 Å². The first-order valence-electron chi connectivity index (χ1n) is 11.6. The van der Waals surface area contributed by atoms with Crippen LogP contribution in [0.25, 0.3) is 11.1 Å². The Hall–Kier alpha value is -4.20. The van der Waals surface area contributed by atoms with Crippen LogP contribution in [-0.2, 0) is 17.6 Å². The fourth-order valence-electron chi connectivity index (χ4n) is 3.98. The number of aromatic nitrogens is 1. The van der Waals surface area contributed by atoms with Gasteiger partial charge in [-0.1, -0.05) is 38.1 Å². The van der Waals surface area contributed by atoms with Gasteiger partial charge < -0.3 is 29.4 Å². The number of methoxy groups -OCH3 is 3. The molecule has 0 radical (unpaired) electrons. The number of H-pyrrole nitrogens is 1. The molecule has 3 rings (SSSR count). The molecule has 8 nitrogen and oxygen atoms in total. The number of hydrogen-bond donors (Lipinski definition) is 3. The molecular formula is C28H32N2O6. The number of aromatic hydroxyl groups is 2. The van der Waals surface area contributed by atoms with Crippen molar-refractivity contribution >= 4 is 5.90 Å². The van der Waals surface area contributed by atoms with Gasteiger partial charge in [-0.3, -0.25) is 4.79 Å². The number of phenolic OH excluding ortho intramolecular Hbond substituents is 1. The minimum Gasteiger partial charge on any atom is -0.508 e. The lowest BCUT2D eigenvalue weighted by Gasteiger charge is -2.19. The van der Waals surface area contributed by atoms with E-state index in [0.717, 1.165) is 18.4 Å². The van der Waals surface area contributed by atoms with E-state index in [1.807, 2.05) is 6.92 Å². The van der Waals surface area contributed by atoms with Gasteiger partial charge in [0.25, 0.3) is 5.56 Å². The number of rotatable bonds is 10. The summed E-state index contributed by atoms with van der Waals surface area (Å²) < 4.78 is 16.6. The van der Waals surface area contributed by atoms with Crippen LogP contribution >= 0.6 is 0 Å². The van der Waals surface area contributed by atoms with E-state index in [4.69, 9.17) is 14.2 Å². The Morgan fingerprint density at radius 2 is 1.64 bits per heavy atom. The van der Waals surface area contributed by atoms with E-state index in [9.17, 15) is 15.0 Å².